The van der Waals surface area contributed by atoms with Crippen LogP contribution in [-0.2, 0) is 19.6 Å². The number of hydrogen-bond donors (Lipinski definition) is 1. The highest BCUT2D eigenvalue weighted by Gasteiger charge is 2.18. The molecule has 0 bridgehead atoms. The number of methoxy groups -OCH3 is 1. The van der Waals surface area contributed by atoms with Crippen molar-refractivity contribution in [3.63, 3.8) is 0 Å². The fourth-order valence-electron chi connectivity index (χ4n) is 4.09. The molecule has 1 aliphatic rings. The maximum absolute atomic E-state index is 13.9. The largest absolute Gasteiger partial charge is 0.494 e. The van der Waals surface area contributed by atoms with Gasteiger partial charge < -0.3 is 15.0 Å². The molecule has 4 rings (SSSR count). The van der Waals surface area contributed by atoms with E-state index in [-0.39, 0.29) is 11.6 Å². The van der Waals surface area contributed by atoms with E-state index in [1.807, 2.05) is 6.07 Å². The van der Waals surface area contributed by atoms with E-state index in [9.17, 15) is 4.39 Å². The van der Waals surface area contributed by atoms with Gasteiger partial charge in [-0.05, 0) is 41.0 Å². The fraction of sp³-hybridized carbons (Fsp3) is 0.308. The third-order valence-electron chi connectivity index (χ3n) is 5.87. The summed E-state index contributed by atoms with van der Waals surface area (Å²) in [5.74, 6) is -0.0432. The fourth-order valence-corrected chi connectivity index (χ4v) is 4.09. The summed E-state index contributed by atoms with van der Waals surface area (Å²) < 4.78 is 18.9. The molecule has 0 aromatic heterocycles. The van der Waals surface area contributed by atoms with Gasteiger partial charge in [-0.1, -0.05) is 48.5 Å². The molecule has 0 aliphatic carbocycles. The third-order valence-corrected chi connectivity index (χ3v) is 5.87. The Labute approximate surface area is 184 Å². The number of nitrogens with zero attached hydrogens (tertiary/aromatic N) is 2. The van der Waals surface area contributed by atoms with Crippen molar-refractivity contribution in [2.24, 2.45) is 0 Å². The van der Waals surface area contributed by atoms with E-state index in [1.54, 1.807) is 6.07 Å². The van der Waals surface area contributed by atoms with Crippen molar-refractivity contribution < 1.29 is 9.13 Å². The molecule has 0 amide bonds. The molecule has 4 nitrogen and oxygen atoms in total. The summed E-state index contributed by atoms with van der Waals surface area (Å²) >= 11 is 0. The number of hydrogen-bond acceptors (Lipinski definition) is 4. The lowest BCUT2D eigenvalue weighted by Gasteiger charge is -2.36. The van der Waals surface area contributed by atoms with Crippen LogP contribution in [0.1, 0.15) is 16.7 Å². The Kier molecular flexibility index (Phi) is 7.18. The molecule has 1 heterocycles. The Bertz CT molecular complexity index is 971. The Morgan fingerprint density at radius 3 is 2.26 bits per heavy atom. The van der Waals surface area contributed by atoms with Crippen molar-refractivity contribution in [2.45, 2.75) is 19.6 Å². The van der Waals surface area contributed by atoms with Crippen LogP contribution in [0.2, 0.25) is 0 Å². The SMILES string of the molecule is COc1ccc(CNCc2ccccc2CN2CCN(c3ccccc3)CC2)cc1F. The summed E-state index contributed by atoms with van der Waals surface area (Å²) in [4.78, 5) is 4.98. The molecule has 3 aromatic carbocycles. The van der Waals surface area contributed by atoms with Gasteiger partial charge in [0, 0.05) is 51.5 Å². The molecular formula is C26H30FN3O. The van der Waals surface area contributed by atoms with Gasteiger partial charge in [0.15, 0.2) is 11.6 Å². The van der Waals surface area contributed by atoms with Gasteiger partial charge >= 0.3 is 0 Å². The number of ether oxygens (including phenoxy) is 1. The quantitative estimate of drug-likeness (QED) is 0.584. The average Bonchev–Trinajstić information content (AvgIpc) is 2.81. The van der Waals surface area contributed by atoms with E-state index in [2.05, 4.69) is 69.7 Å². The summed E-state index contributed by atoms with van der Waals surface area (Å²) in [6, 6.07) is 24.3. The number of rotatable bonds is 8. The lowest BCUT2D eigenvalue weighted by Crippen LogP contribution is -2.46. The molecule has 31 heavy (non-hydrogen) atoms. The summed E-state index contributed by atoms with van der Waals surface area (Å²) in [6.45, 7) is 6.54. The number of piperazine rings is 1. The van der Waals surface area contributed by atoms with Crippen molar-refractivity contribution >= 4 is 5.69 Å². The van der Waals surface area contributed by atoms with E-state index in [0.29, 0.717) is 6.54 Å². The molecule has 0 radical (unpaired) electrons. The highest BCUT2D eigenvalue weighted by atomic mass is 19.1. The van der Waals surface area contributed by atoms with Crippen molar-refractivity contribution in [3.8, 4) is 5.75 Å². The second-order valence-corrected chi connectivity index (χ2v) is 7.94. The first kappa shape index (κ1) is 21.3. The van der Waals surface area contributed by atoms with Gasteiger partial charge in [-0.3, -0.25) is 4.90 Å². The standard InChI is InChI=1S/C26H30FN3O/c1-31-26-12-11-21(17-25(26)27)18-28-19-22-7-5-6-8-23(22)20-29-13-15-30(16-14-29)24-9-3-2-4-10-24/h2-12,17,28H,13-16,18-20H2,1H3. The number of nitrogens with one attached hydrogen (secondary N) is 1. The van der Waals surface area contributed by atoms with Crippen LogP contribution in [0, 0.1) is 5.82 Å². The zero-order valence-corrected chi connectivity index (χ0v) is 18.1. The normalized spacial score (nSPS) is 14.6. The second kappa shape index (κ2) is 10.4. The molecule has 1 aliphatic heterocycles. The van der Waals surface area contributed by atoms with Crippen LogP contribution in [0.15, 0.2) is 72.8 Å². The number of para-hydroxylation sites is 1. The number of anilines is 1. The minimum absolute atomic E-state index is 0.279. The van der Waals surface area contributed by atoms with Gasteiger partial charge in [-0.15, -0.1) is 0 Å². The first-order valence-electron chi connectivity index (χ1n) is 10.8. The van der Waals surface area contributed by atoms with Gasteiger partial charge in [0.1, 0.15) is 0 Å². The van der Waals surface area contributed by atoms with E-state index in [4.69, 9.17) is 4.74 Å². The second-order valence-electron chi connectivity index (χ2n) is 7.94. The lowest BCUT2D eigenvalue weighted by atomic mass is 10.1. The molecule has 1 saturated heterocycles. The minimum Gasteiger partial charge on any atom is -0.494 e. The third kappa shape index (κ3) is 5.63. The van der Waals surface area contributed by atoms with Crippen LogP contribution in [-0.4, -0.2) is 38.2 Å². The Morgan fingerprint density at radius 1 is 0.839 bits per heavy atom. The predicted octanol–water partition coefficient (Wildman–Crippen LogP) is 4.45. The van der Waals surface area contributed by atoms with Gasteiger partial charge in [0.25, 0.3) is 0 Å². The van der Waals surface area contributed by atoms with E-state index >= 15 is 0 Å². The first-order chi connectivity index (χ1) is 15.2. The molecule has 162 valence electrons. The van der Waals surface area contributed by atoms with Crippen LogP contribution < -0.4 is 15.0 Å². The van der Waals surface area contributed by atoms with E-state index in [0.717, 1.165) is 44.8 Å². The molecule has 5 heteroatoms. The maximum atomic E-state index is 13.9. The predicted molar refractivity (Wildman–Crippen MR) is 124 cm³/mol. The van der Waals surface area contributed by atoms with Crippen LogP contribution in [0.3, 0.4) is 0 Å². The molecule has 0 spiro atoms. The molecule has 1 N–H and O–H groups in total. The molecule has 0 atom stereocenters. The maximum Gasteiger partial charge on any atom is 0.165 e. The van der Waals surface area contributed by atoms with Gasteiger partial charge in [0.2, 0.25) is 0 Å². The summed E-state index contributed by atoms with van der Waals surface area (Å²) in [5.41, 5.74) is 4.86. The topological polar surface area (TPSA) is 27.7 Å². The van der Waals surface area contributed by atoms with E-state index in [1.165, 1.54) is 30.0 Å². The van der Waals surface area contributed by atoms with Crippen molar-refractivity contribution in [3.05, 3.63) is 95.3 Å². The zero-order chi connectivity index (χ0) is 21.5. The molecule has 3 aromatic rings. The van der Waals surface area contributed by atoms with Gasteiger partial charge in [-0.2, -0.15) is 0 Å². The summed E-state index contributed by atoms with van der Waals surface area (Å²) in [5, 5.41) is 3.45. The Balaban J connectivity index is 1.30. The van der Waals surface area contributed by atoms with Crippen LogP contribution in [0.25, 0.3) is 0 Å². The highest BCUT2D eigenvalue weighted by Crippen LogP contribution is 2.19. The first-order valence-corrected chi connectivity index (χ1v) is 10.8. The van der Waals surface area contributed by atoms with Crippen LogP contribution in [0.4, 0.5) is 10.1 Å². The Hall–Kier alpha value is -2.89. The summed E-state index contributed by atoms with van der Waals surface area (Å²) in [7, 11) is 1.48. The highest BCUT2D eigenvalue weighted by molar-refractivity contribution is 5.46. The molecule has 1 fully saturated rings. The van der Waals surface area contributed by atoms with Crippen molar-refractivity contribution in [2.75, 3.05) is 38.2 Å². The summed E-state index contributed by atoms with van der Waals surface area (Å²) in [6.07, 6.45) is 0. The Morgan fingerprint density at radius 2 is 1.55 bits per heavy atom. The average molecular weight is 420 g/mol. The molecular weight excluding hydrogens is 389 g/mol. The van der Waals surface area contributed by atoms with Crippen LogP contribution in [0.5, 0.6) is 5.75 Å². The zero-order valence-electron chi connectivity index (χ0n) is 18.1. The van der Waals surface area contributed by atoms with Gasteiger partial charge in [0.05, 0.1) is 7.11 Å². The van der Waals surface area contributed by atoms with Crippen molar-refractivity contribution in [1.82, 2.24) is 10.2 Å². The molecule has 0 unspecified atom stereocenters. The number of halogens is 1. The molecule has 0 saturated carbocycles. The lowest BCUT2D eigenvalue weighted by molar-refractivity contribution is 0.249. The van der Waals surface area contributed by atoms with Crippen molar-refractivity contribution in [1.29, 1.82) is 0 Å². The smallest absolute Gasteiger partial charge is 0.165 e. The van der Waals surface area contributed by atoms with Crippen LogP contribution >= 0.6 is 0 Å². The minimum atomic E-state index is -0.322. The number of benzene rings is 3. The van der Waals surface area contributed by atoms with Gasteiger partial charge in [-0.25, -0.2) is 4.39 Å². The monoisotopic (exact) mass is 419 g/mol. The van der Waals surface area contributed by atoms with E-state index < -0.39 is 0 Å².